The lowest BCUT2D eigenvalue weighted by Gasteiger charge is -2.15. The van der Waals surface area contributed by atoms with E-state index in [4.69, 9.17) is 0 Å². The standard InChI is InChI=1S/C11H16OS/c1-8-6-4-5-7-11(8)13-10(3)9(2)12/h4-7,9-10,12H,1-3H3. The van der Waals surface area contributed by atoms with Crippen LogP contribution in [0.1, 0.15) is 19.4 Å². The van der Waals surface area contributed by atoms with Gasteiger partial charge in [0, 0.05) is 10.1 Å². The third kappa shape index (κ3) is 3.05. The van der Waals surface area contributed by atoms with Gasteiger partial charge in [0.2, 0.25) is 0 Å². The molecule has 1 aromatic rings. The van der Waals surface area contributed by atoms with Crippen LogP contribution in [-0.4, -0.2) is 16.5 Å². The minimum absolute atomic E-state index is 0.251. The highest BCUT2D eigenvalue weighted by Crippen LogP contribution is 2.27. The second kappa shape index (κ2) is 4.68. The Labute approximate surface area is 84.2 Å². The summed E-state index contributed by atoms with van der Waals surface area (Å²) in [6.07, 6.45) is -0.260. The van der Waals surface area contributed by atoms with Crippen molar-refractivity contribution in [3.05, 3.63) is 29.8 Å². The molecule has 2 heteroatoms. The van der Waals surface area contributed by atoms with Crippen LogP contribution in [-0.2, 0) is 0 Å². The molecular weight excluding hydrogens is 180 g/mol. The molecule has 0 saturated heterocycles. The summed E-state index contributed by atoms with van der Waals surface area (Å²) in [7, 11) is 0. The molecule has 0 aliphatic carbocycles. The zero-order valence-electron chi connectivity index (χ0n) is 8.32. The first-order valence-electron chi connectivity index (χ1n) is 4.51. The lowest BCUT2D eigenvalue weighted by molar-refractivity contribution is 0.196. The van der Waals surface area contributed by atoms with Crippen molar-refractivity contribution in [3.63, 3.8) is 0 Å². The van der Waals surface area contributed by atoms with Gasteiger partial charge in [-0.3, -0.25) is 0 Å². The third-order valence-electron chi connectivity index (χ3n) is 2.09. The average molecular weight is 196 g/mol. The van der Waals surface area contributed by atoms with E-state index < -0.39 is 0 Å². The summed E-state index contributed by atoms with van der Waals surface area (Å²) >= 11 is 1.73. The van der Waals surface area contributed by atoms with Crippen LogP contribution in [0.2, 0.25) is 0 Å². The zero-order chi connectivity index (χ0) is 9.84. The fourth-order valence-electron chi connectivity index (χ4n) is 0.987. The van der Waals surface area contributed by atoms with Crippen LogP contribution in [0, 0.1) is 6.92 Å². The first-order chi connectivity index (χ1) is 6.11. The van der Waals surface area contributed by atoms with E-state index in [1.165, 1.54) is 10.5 Å². The van der Waals surface area contributed by atoms with Gasteiger partial charge >= 0.3 is 0 Å². The van der Waals surface area contributed by atoms with Crippen LogP contribution < -0.4 is 0 Å². The number of hydrogen-bond donors (Lipinski definition) is 1. The zero-order valence-corrected chi connectivity index (χ0v) is 9.14. The number of hydrogen-bond acceptors (Lipinski definition) is 2. The van der Waals surface area contributed by atoms with Crippen LogP contribution in [0.25, 0.3) is 0 Å². The molecule has 72 valence electrons. The van der Waals surface area contributed by atoms with Gasteiger partial charge in [0.1, 0.15) is 0 Å². The maximum absolute atomic E-state index is 9.35. The van der Waals surface area contributed by atoms with Gasteiger partial charge < -0.3 is 5.11 Å². The van der Waals surface area contributed by atoms with Gasteiger partial charge in [0.15, 0.2) is 0 Å². The van der Waals surface area contributed by atoms with E-state index in [1.807, 2.05) is 26.0 Å². The van der Waals surface area contributed by atoms with Crippen molar-refractivity contribution in [3.8, 4) is 0 Å². The maximum atomic E-state index is 9.35. The summed E-state index contributed by atoms with van der Waals surface area (Å²) in [4.78, 5) is 1.26. The van der Waals surface area contributed by atoms with Crippen molar-refractivity contribution in [1.29, 1.82) is 0 Å². The van der Waals surface area contributed by atoms with E-state index in [0.717, 1.165) is 0 Å². The SMILES string of the molecule is Cc1ccccc1SC(C)C(C)O. The lowest BCUT2D eigenvalue weighted by Crippen LogP contribution is -2.14. The summed E-state index contributed by atoms with van der Waals surface area (Å²) in [6.45, 7) is 5.97. The van der Waals surface area contributed by atoms with Crippen LogP contribution in [0.3, 0.4) is 0 Å². The van der Waals surface area contributed by atoms with Gasteiger partial charge in [0.05, 0.1) is 6.10 Å². The number of aliphatic hydroxyl groups is 1. The smallest absolute Gasteiger partial charge is 0.0631 e. The molecular formula is C11H16OS. The predicted octanol–water partition coefficient (Wildman–Crippen LogP) is 2.86. The highest BCUT2D eigenvalue weighted by molar-refractivity contribution is 8.00. The molecule has 0 bridgehead atoms. The molecule has 1 N–H and O–H groups in total. The minimum atomic E-state index is -0.260. The van der Waals surface area contributed by atoms with E-state index in [2.05, 4.69) is 19.1 Å². The van der Waals surface area contributed by atoms with Gasteiger partial charge in [-0.2, -0.15) is 0 Å². The van der Waals surface area contributed by atoms with E-state index >= 15 is 0 Å². The molecule has 0 radical (unpaired) electrons. The third-order valence-corrected chi connectivity index (χ3v) is 3.56. The van der Waals surface area contributed by atoms with E-state index in [-0.39, 0.29) is 11.4 Å². The molecule has 0 aliphatic heterocycles. The topological polar surface area (TPSA) is 20.2 Å². The van der Waals surface area contributed by atoms with Crippen molar-refractivity contribution < 1.29 is 5.11 Å². The van der Waals surface area contributed by atoms with Crippen LogP contribution in [0.5, 0.6) is 0 Å². The van der Waals surface area contributed by atoms with Crippen LogP contribution in [0.4, 0.5) is 0 Å². The Morgan fingerprint density at radius 1 is 1.23 bits per heavy atom. The molecule has 0 amide bonds. The molecule has 0 spiro atoms. The minimum Gasteiger partial charge on any atom is -0.392 e. The summed E-state index contributed by atoms with van der Waals surface area (Å²) < 4.78 is 0. The fraction of sp³-hybridized carbons (Fsp3) is 0.455. The lowest BCUT2D eigenvalue weighted by atomic mass is 10.2. The summed E-state index contributed by atoms with van der Waals surface area (Å²) in [5.74, 6) is 0. The molecule has 0 aliphatic rings. The first kappa shape index (κ1) is 10.6. The first-order valence-corrected chi connectivity index (χ1v) is 5.39. The summed E-state index contributed by atoms with van der Waals surface area (Å²) in [5.41, 5.74) is 1.28. The number of aryl methyl sites for hydroxylation is 1. The number of thioether (sulfide) groups is 1. The molecule has 0 heterocycles. The molecule has 2 atom stereocenters. The van der Waals surface area contributed by atoms with E-state index in [0.29, 0.717) is 0 Å². The number of benzene rings is 1. The Balaban J connectivity index is 2.69. The second-order valence-corrected chi connectivity index (χ2v) is 4.75. The summed E-state index contributed by atoms with van der Waals surface area (Å²) in [6, 6.07) is 8.26. The second-order valence-electron chi connectivity index (χ2n) is 3.33. The number of aliphatic hydroxyl groups excluding tert-OH is 1. The molecule has 2 unspecified atom stereocenters. The van der Waals surface area contributed by atoms with Gasteiger partial charge in [-0.25, -0.2) is 0 Å². The van der Waals surface area contributed by atoms with Gasteiger partial charge in [-0.05, 0) is 25.5 Å². The normalized spacial score (nSPS) is 15.4. The Kier molecular flexibility index (Phi) is 3.82. The van der Waals surface area contributed by atoms with Crippen molar-refractivity contribution in [2.45, 2.75) is 37.0 Å². The quantitative estimate of drug-likeness (QED) is 0.750. The molecule has 0 aromatic heterocycles. The Bertz CT molecular complexity index is 271. The van der Waals surface area contributed by atoms with Crippen molar-refractivity contribution >= 4 is 11.8 Å². The molecule has 0 saturated carbocycles. The van der Waals surface area contributed by atoms with Gasteiger partial charge in [-0.15, -0.1) is 11.8 Å². The molecule has 13 heavy (non-hydrogen) atoms. The van der Waals surface area contributed by atoms with E-state index in [9.17, 15) is 5.11 Å². The predicted molar refractivity (Wildman–Crippen MR) is 58.2 cm³/mol. The Morgan fingerprint density at radius 3 is 2.38 bits per heavy atom. The van der Waals surface area contributed by atoms with Crippen molar-refractivity contribution in [2.24, 2.45) is 0 Å². The maximum Gasteiger partial charge on any atom is 0.0631 e. The van der Waals surface area contributed by atoms with E-state index in [1.54, 1.807) is 11.8 Å². The Hall–Kier alpha value is -0.470. The molecule has 1 nitrogen and oxygen atoms in total. The van der Waals surface area contributed by atoms with Gasteiger partial charge in [0.25, 0.3) is 0 Å². The largest absolute Gasteiger partial charge is 0.392 e. The van der Waals surface area contributed by atoms with Gasteiger partial charge in [-0.1, -0.05) is 25.1 Å². The monoisotopic (exact) mass is 196 g/mol. The van der Waals surface area contributed by atoms with Crippen LogP contribution >= 0.6 is 11.8 Å². The molecule has 1 rings (SSSR count). The molecule has 0 fully saturated rings. The van der Waals surface area contributed by atoms with Crippen LogP contribution in [0.15, 0.2) is 29.2 Å². The number of rotatable bonds is 3. The highest BCUT2D eigenvalue weighted by Gasteiger charge is 2.10. The summed E-state index contributed by atoms with van der Waals surface area (Å²) in [5, 5.41) is 9.60. The highest BCUT2D eigenvalue weighted by atomic mass is 32.2. The van der Waals surface area contributed by atoms with Crippen molar-refractivity contribution in [1.82, 2.24) is 0 Å². The fourth-order valence-corrected chi connectivity index (χ4v) is 2.00. The average Bonchev–Trinajstić information content (AvgIpc) is 2.08. The van der Waals surface area contributed by atoms with Crippen molar-refractivity contribution in [2.75, 3.05) is 0 Å². The molecule has 1 aromatic carbocycles. The Morgan fingerprint density at radius 2 is 1.85 bits per heavy atom.